The minimum atomic E-state index is -0.306. The van der Waals surface area contributed by atoms with Crippen LogP contribution in [-0.2, 0) is 4.79 Å². The Hall–Kier alpha value is -2.55. The maximum Gasteiger partial charge on any atom is 0.257 e. The van der Waals surface area contributed by atoms with Gasteiger partial charge in [0.1, 0.15) is 5.52 Å². The Morgan fingerprint density at radius 2 is 2.20 bits per heavy atom. The highest BCUT2D eigenvalue weighted by Crippen LogP contribution is 2.23. The summed E-state index contributed by atoms with van der Waals surface area (Å²) in [5, 5.41) is 9.71. The van der Waals surface area contributed by atoms with Gasteiger partial charge in [-0.1, -0.05) is 23.9 Å². The zero-order valence-corrected chi connectivity index (χ0v) is 10.9. The molecule has 9 heteroatoms. The Morgan fingerprint density at radius 1 is 1.35 bits per heavy atom. The van der Waals surface area contributed by atoms with Gasteiger partial charge in [-0.05, 0) is 22.4 Å². The van der Waals surface area contributed by atoms with Crippen LogP contribution in [-0.4, -0.2) is 27.0 Å². The van der Waals surface area contributed by atoms with E-state index in [9.17, 15) is 4.79 Å². The molecule has 0 aliphatic heterocycles. The molecule has 3 N–H and O–H groups in total. The molecule has 20 heavy (non-hydrogen) atoms. The zero-order valence-electron chi connectivity index (χ0n) is 10.1. The second-order valence-corrected chi connectivity index (χ2v) is 4.71. The van der Waals surface area contributed by atoms with Crippen LogP contribution in [0.1, 0.15) is 0 Å². The summed E-state index contributed by atoms with van der Waals surface area (Å²) < 4.78 is 9.85. The second-order valence-electron chi connectivity index (χ2n) is 3.78. The van der Waals surface area contributed by atoms with Crippen molar-refractivity contribution in [2.75, 3.05) is 16.8 Å². The van der Waals surface area contributed by atoms with Crippen molar-refractivity contribution in [3.8, 4) is 0 Å². The molecule has 0 fully saturated rings. The minimum Gasteiger partial charge on any atom is -0.431 e. The first kappa shape index (κ1) is 12.5. The number of aromatic nitrogens is 3. The molecule has 3 aromatic rings. The molecule has 0 saturated heterocycles. The molecule has 2 aromatic heterocycles. The average molecular weight is 291 g/mol. The van der Waals surface area contributed by atoms with Crippen LogP contribution < -0.4 is 11.1 Å². The summed E-state index contributed by atoms with van der Waals surface area (Å²) in [7, 11) is 0. The third-order valence-electron chi connectivity index (χ3n) is 2.37. The smallest absolute Gasteiger partial charge is 0.257 e. The lowest BCUT2D eigenvalue weighted by molar-refractivity contribution is -0.113. The molecule has 0 spiro atoms. The van der Waals surface area contributed by atoms with Crippen molar-refractivity contribution < 1.29 is 13.8 Å². The number of nitrogens with one attached hydrogen (secondary N) is 1. The van der Waals surface area contributed by atoms with Crippen molar-refractivity contribution >= 4 is 40.4 Å². The molecule has 1 aromatic carbocycles. The van der Waals surface area contributed by atoms with Gasteiger partial charge in [-0.25, -0.2) is 9.61 Å². The molecule has 0 aliphatic rings. The molecule has 3 rings (SSSR count). The lowest BCUT2D eigenvalue weighted by atomic mass is 10.3. The SMILES string of the molecule is Nc1nonc1NC(=O)CSc1nc2ccccc2o1. The van der Waals surface area contributed by atoms with Crippen molar-refractivity contribution in [1.29, 1.82) is 0 Å². The number of rotatable bonds is 4. The average Bonchev–Trinajstić information content (AvgIpc) is 3.03. The second kappa shape index (κ2) is 5.21. The molecular formula is C11H9N5O3S. The van der Waals surface area contributed by atoms with E-state index >= 15 is 0 Å². The number of carbonyl (C=O) groups is 1. The van der Waals surface area contributed by atoms with Crippen LogP contribution in [0.5, 0.6) is 0 Å². The number of nitrogens with zero attached hydrogens (tertiary/aromatic N) is 3. The number of benzene rings is 1. The van der Waals surface area contributed by atoms with Crippen LogP contribution in [0.25, 0.3) is 11.1 Å². The van der Waals surface area contributed by atoms with Crippen molar-refractivity contribution in [1.82, 2.24) is 15.3 Å². The van der Waals surface area contributed by atoms with E-state index in [1.165, 1.54) is 11.8 Å². The van der Waals surface area contributed by atoms with E-state index in [2.05, 4.69) is 25.2 Å². The van der Waals surface area contributed by atoms with Crippen molar-refractivity contribution in [3.05, 3.63) is 24.3 Å². The number of thioether (sulfide) groups is 1. The van der Waals surface area contributed by atoms with E-state index in [1.807, 2.05) is 24.3 Å². The molecule has 2 heterocycles. The summed E-state index contributed by atoms with van der Waals surface area (Å²) >= 11 is 1.17. The van der Waals surface area contributed by atoms with E-state index in [1.54, 1.807) is 0 Å². The minimum absolute atomic E-state index is 0.0326. The lowest BCUT2D eigenvalue weighted by Crippen LogP contribution is -2.15. The standard InChI is InChI=1S/C11H9N5O3S/c12-9-10(16-19-15-9)14-8(17)5-20-11-13-6-3-1-2-4-7(6)18-11/h1-4H,5H2,(H2,12,15)(H,14,16,17). The van der Waals surface area contributed by atoms with Gasteiger partial charge in [0.15, 0.2) is 5.58 Å². The van der Waals surface area contributed by atoms with Gasteiger partial charge < -0.3 is 15.5 Å². The first-order valence-corrected chi connectivity index (χ1v) is 6.57. The number of anilines is 2. The fourth-order valence-corrected chi connectivity index (χ4v) is 2.13. The molecule has 0 saturated carbocycles. The number of amides is 1. The van der Waals surface area contributed by atoms with Crippen molar-refractivity contribution in [2.24, 2.45) is 0 Å². The fraction of sp³-hybridized carbons (Fsp3) is 0.0909. The summed E-state index contributed by atoms with van der Waals surface area (Å²) in [6.45, 7) is 0. The van der Waals surface area contributed by atoms with Crippen LogP contribution in [0.3, 0.4) is 0 Å². The van der Waals surface area contributed by atoms with Gasteiger partial charge in [-0.3, -0.25) is 4.79 Å². The number of oxazole rings is 1. The predicted octanol–water partition coefficient (Wildman–Crippen LogP) is 1.52. The maximum absolute atomic E-state index is 11.7. The first-order chi connectivity index (χ1) is 9.72. The normalized spacial score (nSPS) is 10.8. The number of para-hydroxylation sites is 2. The summed E-state index contributed by atoms with van der Waals surface area (Å²) in [4.78, 5) is 15.9. The zero-order chi connectivity index (χ0) is 13.9. The van der Waals surface area contributed by atoms with Gasteiger partial charge in [0.2, 0.25) is 17.5 Å². The van der Waals surface area contributed by atoms with Crippen LogP contribution in [0.2, 0.25) is 0 Å². The monoisotopic (exact) mass is 291 g/mol. The molecular weight excluding hydrogens is 282 g/mol. The number of nitrogen functional groups attached to an aromatic ring is 1. The van der Waals surface area contributed by atoms with E-state index in [0.29, 0.717) is 10.8 Å². The number of hydrogen-bond donors (Lipinski definition) is 2. The highest BCUT2D eigenvalue weighted by molar-refractivity contribution is 7.99. The molecule has 1 amide bonds. The topological polar surface area (TPSA) is 120 Å². The van der Waals surface area contributed by atoms with Crippen LogP contribution in [0.4, 0.5) is 11.6 Å². The van der Waals surface area contributed by atoms with Gasteiger partial charge in [0, 0.05) is 0 Å². The predicted molar refractivity (Wildman–Crippen MR) is 72.1 cm³/mol. The van der Waals surface area contributed by atoms with Gasteiger partial charge in [-0.15, -0.1) is 0 Å². The molecule has 0 atom stereocenters. The Morgan fingerprint density at radius 3 is 2.95 bits per heavy atom. The van der Waals surface area contributed by atoms with Crippen LogP contribution in [0, 0.1) is 0 Å². The third kappa shape index (κ3) is 2.57. The van der Waals surface area contributed by atoms with Crippen LogP contribution >= 0.6 is 11.8 Å². The Labute approximate surface area is 116 Å². The molecule has 0 bridgehead atoms. The number of carbonyl (C=O) groups excluding carboxylic acids is 1. The van der Waals surface area contributed by atoms with Crippen LogP contribution in [0.15, 0.2) is 38.5 Å². The summed E-state index contributed by atoms with van der Waals surface area (Å²) in [6, 6.07) is 7.38. The number of fused-ring (bicyclic) bond motifs is 1. The number of nitrogens with two attached hydrogens (primary N) is 1. The molecule has 102 valence electrons. The fourth-order valence-electron chi connectivity index (χ4n) is 1.49. The van der Waals surface area contributed by atoms with E-state index in [4.69, 9.17) is 10.2 Å². The summed E-state index contributed by atoms with van der Waals surface area (Å²) in [5.41, 5.74) is 6.86. The van der Waals surface area contributed by atoms with Gasteiger partial charge in [0.25, 0.3) is 5.22 Å². The van der Waals surface area contributed by atoms with E-state index < -0.39 is 0 Å². The Bertz CT molecular complexity index is 720. The lowest BCUT2D eigenvalue weighted by Gasteiger charge is -1.98. The van der Waals surface area contributed by atoms with E-state index in [0.717, 1.165) is 5.52 Å². The Kier molecular flexibility index (Phi) is 3.25. The van der Waals surface area contributed by atoms with Crippen molar-refractivity contribution in [3.63, 3.8) is 0 Å². The van der Waals surface area contributed by atoms with Gasteiger partial charge in [-0.2, -0.15) is 0 Å². The molecule has 0 radical (unpaired) electrons. The highest BCUT2D eigenvalue weighted by atomic mass is 32.2. The molecule has 8 nitrogen and oxygen atoms in total. The summed E-state index contributed by atoms with van der Waals surface area (Å²) in [5.74, 6) is -0.0582. The quantitative estimate of drug-likeness (QED) is 0.694. The number of hydrogen-bond acceptors (Lipinski definition) is 8. The first-order valence-electron chi connectivity index (χ1n) is 5.58. The van der Waals surface area contributed by atoms with E-state index in [-0.39, 0.29) is 23.3 Å². The largest absolute Gasteiger partial charge is 0.431 e. The highest BCUT2D eigenvalue weighted by Gasteiger charge is 2.12. The molecule has 0 unspecified atom stereocenters. The van der Waals surface area contributed by atoms with Gasteiger partial charge in [0.05, 0.1) is 5.75 Å². The maximum atomic E-state index is 11.7. The summed E-state index contributed by atoms with van der Waals surface area (Å²) in [6.07, 6.45) is 0. The Balaban J connectivity index is 1.61. The third-order valence-corrected chi connectivity index (χ3v) is 3.20. The van der Waals surface area contributed by atoms with Gasteiger partial charge >= 0.3 is 0 Å². The van der Waals surface area contributed by atoms with Crippen molar-refractivity contribution in [2.45, 2.75) is 5.22 Å². The molecule has 0 aliphatic carbocycles.